The molecule has 2 saturated heterocycles. The molecular weight excluding hydrogens is 344 g/mol. The molecule has 150 valence electrons. The van der Waals surface area contributed by atoms with Crippen LogP contribution in [0.25, 0.3) is 0 Å². The third-order valence-corrected chi connectivity index (χ3v) is 6.52. The zero-order chi connectivity index (χ0) is 19.0. The molecule has 7 nitrogen and oxygen atoms in total. The Kier molecular flexibility index (Phi) is 5.25. The first-order chi connectivity index (χ1) is 13.0. The summed E-state index contributed by atoms with van der Waals surface area (Å²) in [7, 11) is 0. The molecule has 0 saturated carbocycles. The van der Waals surface area contributed by atoms with Gasteiger partial charge in [-0.3, -0.25) is 4.79 Å². The fraction of sp³-hybridized carbons (Fsp3) is 0.850. The molecule has 3 aliphatic heterocycles. The molecule has 4 heterocycles. The van der Waals surface area contributed by atoms with E-state index < -0.39 is 0 Å². The lowest BCUT2D eigenvalue weighted by molar-refractivity contribution is -0.190. The van der Waals surface area contributed by atoms with Gasteiger partial charge in [0.2, 0.25) is 5.82 Å². The first-order valence-electron chi connectivity index (χ1n) is 10.5. The summed E-state index contributed by atoms with van der Waals surface area (Å²) in [5.41, 5.74) is -0.287. The molecule has 1 N–H and O–H groups in total. The summed E-state index contributed by atoms with van der Waals surface area (Å²) in [6.07, 6.45) is 7.04. The highest BCUT2D eigenvalue weighted by Crippen LogP contribution is 2.39. The van der Waals surface area contributed by atoms with Crippen LogP contribution in [0.3, 0.4) is 0 Å². The second-order valence-electron chi connectivity index (χ2n) is 8.87. The van der Waals surface area contributed by atoms with Crippen LogP contribution in [0.5, 0.6) is 0 Å². The van der Waals surface area contributed by atoms with Crippen molar-refractivity contribution in [1.29, 1.82) is 0 Å². The number of ether oxygens (including phenoxy) is 1. The molecule has 0 unspecified atom stereocenters. The van der Waals surface area contributed by atoms with E-state index in [2.05, 4.69) is 24.0 Å². The van der Waals surface area contributed by atoms with Gasteiger partial charge in [-0.1, -0.05) is 20.3 Å². The Hall–Kier alpha value is -1.47. The lowest BCUT2D eigenvalue weighted by Gasteiger charge is -2.48. The fourth-order valence-electron chi connectivity index (χ4n) is 4.83. The topological polar surface area (TPSA) is 80.5 Å². The van der Waals surface area contributed by atoms with Crippen molar-refractivity contribution < 1.29 is 14.6 Å². The van der Waals surface area contributed by atoms with Gasteiger partial charge in [0.25, 0.3) is 5.91 Å². The molecule has 1 amide bonds. The summed E-state index contributed by atoms with van der Waals surface area (Å²) in [6, 6.07) is 0. The van der Waals surface area contributed by atoms with Crippen molar-refractivity contribution in [3.05, 3.63) is 11.6 Å². The van der Waals surface area contributed by atoms with Crippen molar-refractivity contribution in [2.75, 3.05) is 13.1 Å². The van der Waals surface area contributed by atoms with E-state index in [-0.39, 0.29) is 23.7 Å². The summed E-state index contributed by atoms with van der Waals surface area (Å²) >= 11 is 0. The van der Waals surface area contributed by atoms with Crippen molar-refractivity contribution in [3.63, 3.8) is 0 Å². The molecular formula is C20H32N4O3. The van der Waals surface area contributed by atoms with Crippen LogP contribution in [0, 0.1) is 5.92 Å². The third kappa shape index (κ3) is 3.76. The molecule has 0 bridgehead atoms. The normalized spacial score (nSPS) is 28.2. The number of nitrogens with zero attached hydrogens (tertiary/aromatic N) is 4. The minimum Gasteiger partial charge on any atom is -0.393 e. The van der Waals surface area contributed by atoms with Crippen LogP contribution in [0.2, 0.25) is 0 Å². The number of carbonyl (C=O) groups excluding carboxylic acids is 1. The molecule has 1 spiro atoms. The number of fused-ring (bicyclic) bond motifs is 1. The minimum atomic E-state index is -0.305. The Labute approximate surface area is 161 Å². The van der Waals surface area contributed by atoms with Gasteiger partial charge in [-0.15, -0.1) is 10.2 Å². The number of piperidine rings is 1. The standard InChI is InChI=1S/C20H32N4O3/c1-14(2)16-12-15(25)13-20(27-16)7-10-23(11-8-20)19(26)18-22-21-17-6-4-3-5-9-24(17)18/h14-16,25H,3-13H2,1-2H3/t15-,16-/m1/s1. The zero-order valence-electron chi connectivity index (χ0n) is 16.6. The maximum absolute atomic E-state index is 13.1. The fourth-order valence-corrected chi connectivity index (χ4v) is 4.83. The number of likely N-dealkylation sites (tertiary alicyclic amines) is 1. The second kappa shape index (κ2) is 7.51. The Bertz CT molecular complexity index is 679. The number of aliphatic hydroxyl groups excluding tert-OH is 1. The van der Waals surface area contributed by atoms with E-state index in [1.165, 1.54) is 6.42 Å². The van der Waals surface area contributed by atoms with Crippen molar-refractivity contribution >= 4 is 5.91 Å². The lowest BCUT2D eigenvalue weighted by Crippen LogP contribution is -2.54. The van der Waals surface area contributed by atoms with Gasteiger partial charge in [0.15, 0.2) is 0 Å². The monoisotopic (exact) mass is 376 g/mol. The smallest absolute Gasteiger partial charge is 0.291 e. The van der Waals surface area contributed by atoms with Crippen molar-refractivity contribution in [2.45, 2.75) is 89.6 Å². The number of rotatable bonds is 2. The van der Waals surface area contributed by atoms with Crippen LogP contribution in [-0.2, 0) is 17.7 Å². The summed E-state index contributed by atoms with van der Waals surface area (Å²) in [5.74, 6) is 1.82. The molecule has 3 aliphatic rings. The summed E-state index contributed by atoms with van der Waals surface area (Å²) in [6.45, 7) is 6.43. The van der Waals surface area contributed by atoms with Crippen LogP contribution in [0.15, 0.2) is 0 Å². The quantitative estimate of drug-likeness (QED) is 0.856. The molecule has 2 atom stereocenters. The van der Waals surface area contributed by atoms with Crippen LogP contribution in [-0.4, -0.2) is 61.6 Å². The maximum atomic E-state index is 13.1. The Morgan fingerprint density at radius 3 is 2.70 bits per heavy atom. The molecule has 0 aromatic carbocycles. The number of hydrogen-bond donors (Lipinski definition) is 1. The number of aliphatic hydroxyl groups is 1. The molecule has 27 heavy (non-hydrogen) atoms. The van der Waals surface area contributed by atoms with Crippen LogP contribution in [0.4, 0.5) is 0 Å². The van der Waals surface area contributed by atoms with Crippen molar-refractivity contribution in [3.8, 4) is 0 Å². The number of carbonyl (C=O) groups is 1. The SMILES string of the molecule is CC(C)[C@H]1C[C@@H](O)CC2(CCN(C(=O)c3nnc4n3CCCCC4)CC2)O1. The molecule has 0 radical (unpaired) electrons. The highest BCUT2D eigenvalue weighted by molar-refractivity contribution is 5.90. The predicted molar refractivity (Wildman–Crippen MR) is 100 cm³/mol. The Morgan fingerprint density at radius 1 is 1.19 bits per heavy atom. The number of aromatic nitrogens is 3. The van der Waals surface area contributed by atoms with Gasteiger partial charge in [0.05, 0.1) is 17.8 Å². The third-order valence-electron chi connectivity index (χ3n) is 6.52. The van der Waals surface area contributed by atoms with Crippen LogP contribution < -0.4 is 0 Å². The van der Waals surface area contributed by atoms with Gasteiger partial charge in [-0.25, -0.2) is 0 Å². The van der Waals surface area contributed by atoms with Crippen molar-refractivity contribution in [2.24, 2.45) is 5.92 Å². The molecule has 4 rings (SSSR count). The van der Waals surface area contributed by atoms with Crippen LogP contribution >= 0.6 is 0 Å². The number of amides is 1. The van der Waals surface area contributed by atoms with Gasteiger partial charge >= 0.3 is 0 Å². The second-order valence-corrected chi connectivity index (χ2v) is 8.87. The van der Waals surface area contributed by atoms with Gasteiger partial charge in [-0.05, 0) is 38.0 Å². The Morgan fingerprint density at radius 2 is 1.96 bits per heavy atom. The Balaban J connectivity index is 1.43. The summed E-state index contributed by atoms with van der Waals surface area (Å²) in [4.78, 5) is 15.0. The first kappa shape index (κ1) is 18.9. The average Bonchev–Trinajstić information content (AvgIpc) is 2.89. The molecule has 1 aromatic rings. The highest BCUT2D eigenvalue weighted by Gasteiger charge is 2.45. The number of aryl methyl sites for hydroxylation is 1. The molecule has 2 fully saturated rings. The van der Waals surface area contributed by atoms with Crippen molar-refractivity contribution in [1.82, 2.24) is 19.7 Å². The van der Waals surface area contributed by atoms with E-state index >= 15 is 0 Å². The lowest BCUT2D eigenvalue weighted by atomic mass is 9.80. The van der Waals surface area contributed by atoms with E-state index in [1.54, 1.807) is 0 Å². The van der Waals surface area contributed by atoms with Gasteiger partial charge < -0.3 is 19.3 Å². The summed E-state index contributed by atoms with van der Waals surface area (Å²) < 4.78 is 8.46. The van der Waals surface area contributed by atoms with Gasteiger partial charge in [-0.2, -0.15) is 0 Å². The molecule has 0 aliphatic carbocycles. The van der Waals surface area contributed by atoms with E-state index in [9.17, 15) is 9.90 Å². The predicted octanol–water partition coefficient (Wildman–Crippen LogP) is 2.18. The molecule has 7 heteroatoms. The van der Waals surface area contributed by atoms with Gasteiger partial charge in [0, 0.05) is 32.5 Å². The van der Waals surface area contributed by atoms with E-state index in [0.717, 1.165) is 44.5 Å². The first-order valence-corrected chi connectivity index (χ1v) is 10.5. The van der Waals surface area contributed by atoms with Gasteiger partial charge in [0.1, 0.15) is 5.82 Å². The maximum Gasteiger partial charge on any atom is 0.291 e. The van der Waals surface area contributed by atoms with E-state index in [4.69, 9.17) is 4.74 Å². The summed E-state index contributed by atoms with van der Waals surface area (Å²) in [5, 5.41) is 18.8. The average molecular weight is 377 g/mol. The minimum absolute atomic E-state index is 0.0118. The molecule has 1 aromatic heterocycles. The number of hydrogen-bond acceptors (Lipinski definition) is 5. The zero-order valence-corrected chi connectivity index (χ0v) is 16.6. The highest BCUT2D eigenvalue weighted by atomic mass is 16.5. The van der Waals surface area contributed by atoms with E-state index in [1.807, 2.05) is 9.47 Å². The van der Waals surface area contributed by atoms with Crippen LogP contribution in [0.1, 0.15) is 75.2 Å². The largest absolute Gasteiger partial charge is 0.393 e. The van der Waals surface area contributed by atoms with E-state index in [0.29, 0.717) is 37.7 Å².